The van der Waals surface area contributed by atoms with Gasteiger partial charge in [-0.2, -0.15) is 8.42 Å². The minimum atomic E-state index is -4.10. The smallest absolute Gasteiger partial charge is 0.370 e. The molecule has 4 N–H and O–H groups in total. The Bertz CT molecular complexity index is 1200. The monoisotopic (exact) mass is 522 g/mol. The summed E-state index contributed by atoms with van der Waals surface area (Å²) >= 11 is 0. The molecule has 1 aliphatic heterocycles. The van der Waals surface area contributed by atoms with Crippen LogP contribution in [0.2, 0.25) is 0 Å². The van der Waals surface area contributed by atoms with Crippen LogP contribution in [-0.4, -0.2) is 71.1 Å². The Morgan fingerprint density at radius 3 is 2.58 bits per heavy atom. The van der Waals surface area contributed by atoms with Crippen LogP contribution in [0.25, 0.3) is 10.9 Å². The van der Waals surface area contributed by atoms with Gasteiger partial charge in [0.25, 0.3) is 16.0 Å². The van der Waals surface area contributed by atoms with Gasteiger partial charge in [0, 0.05) is 43.9 Å². The van der Waals surface area contributed by atoms with Crippen molar-refractivity contribution in [2.24, 2.45) is 0 Å². The Hall–Kier alpha value is -3.29. The van der Waals surface area contributed by atoms with Crippen molar-refractivity contribution in [1.29, 1.82) is 0 Å². The molecule has 1 unspecified atom stereocenters. The molecule has 0 spiro atoms. The predicted molar refractivity (Wildman–Crippen MR) is 129 cm³/mol. The first kappa shape index (κ1) is 27.3. The molecule has 1 fully saturated rings. The van der Waals surface area contributed by atoms with Crippen LogP contribution in [-0.2, 0) is 37.4 Å². The molecule has 0 aliphatic carbocycles. The van der Waals surface area contributed by atoms with Gasteiger partial charge in [-0.15, -0.1) is 5.06 Å². The van der Waals surface area contributed by atoms with Crippen molar-refractivity contribution in [1.82, 2.24) is 20.7 Å². The summed E-state index contributed by atoms with van der Waals surface area (Å²) in [6.45, 7) is 0.204. The van der Waals surface area contributed by atoms with Gasteiger partial charge in [-0.25, -0.2) is 4.79 Å². The highest BCUT2D eigenvalue weighted by Crippen LogP contribution is 2.18. The van der Waals surface area contributed by atoms with E-state index >= 15 is 0 Å². The molecule has 0 saturated carbocycles. The summed E-state index contributed by atoms with van der Waals surface area (Å²) in [5.74, 6) is -1.23. The van der Waals surface area contributed by atoms with E-state index < -0.39 is 34.1 Å². The average molecular weight is 523 g/mol. The Morgan fingerprint density at radius 2 is 1.86 bits per heavy atom. The lowest BCUT2D eigenvalue weighted by Crippen LogP contribution is -2.39. The van der Waals surface area contributed by atoms with Gasteiger partial charge < -0.3 is 20.6 Å². The lowest BCUT2D eigenvalue weighted by Gasteiger charge is -2.18. The molecule has 3 amide bonds. The number of amides is 3. The van der Waals surface area contributed by atoms with Gasteiger partial charge in [0.15, 0.2) is 6.23 Å². The number of fused-ring (bicyclic) bond motifs is 1. The van der Waals surface area contributed by atoms with E-state index in [0.29, 0.717) is 37.3 Å². The molecule has 196 valence electrons. The summed E-state index contributed by atoms with van der Waals surface area (Å²) in [5.41, 5.74) is 2.86. The van der Waals surface area contributed by atoms with Crippen LogP contribution in [0.4, 0.5) is 4.79 Å². The van der Waals surface area contributed by atoms with Gasteiger partial charge in [0.1, 0.15) is 0 Å². The summed E-state index contributed by atoms with van der Waals surface area (Å²) in [4.78, 5) is 44.5. The summed E-state index contributed by atoms with van der Waals surface area (Å²) in [6.07, 6.45) is 2.98. The second kappa shape index (κ2) is 12.6. The topological polar surface area (TPSA) is 175 Å². The van der Waals surface area contributed by atoms with E-state index in [1.165, 1.54) is 0 Å². The first-order valence-corrected chi connectivity index (χ1v) is 13.3. The number of aryl methyl sites for hydroxylation is 2. The Balaban J connectivity index is 1.41. The van der Waals surface area contributed by atoms with E-state index in [-0.39, 0.29) is 31.7 Å². The normalized spacial score (nSPS) is 15.8. The van der Waals surface area contributed by atoms with Crippen molar-refractivity contribution in [3.8, 4) is 0 Å². The number of aromatic nitrogens is 1. The number of aliphatic hydroxyl groups is 1. The molecule has 0 bridgehead atoms. The van der Waals surface area contributed by atoms with Crippen molar-refractivity contribution in [3.63, 3.8) is 0 Å². The van der Waals surface area contributed by atoms with E-state index in [1.807, 2.05) is 24.3 Å². The van der Waals surface area contributed by atoms with E-state index in [4.69, 9.17) is 9.39 Å². The fourth-order valence-corrected chi connectivity index (χ4v) is 4.10. The maximum atomic E-state index is 11.8. The standard InChI is InChI=1S/C23H30N4O8S/c28-20(24-11-12-36(32,33)34)5-1-3-17-14-18-13-16(6-7-19(18)26-15-17)4-2-10-25-23(31)35-27-21(29)8-9-22(27)30/h6-7,13-15,21,29H,1-5,8-12H2,(H,24,28)(H,25,31)(H,32,33,34). The summed E-state index contributed by atoms with van der Waals surface area (Å²) in [5, 5.41) is 16.3. The Morgan fingerprint density at radius 1 is 1.11 bits per heavy atom. The van der Waals surface area contributed by atoms with Crippen molar-refractivity contribution >= 4 is 38.9 Å². The zero-order valence-electron chi connectivity index (χ0n) is 19.7. The lowest BCUT2D eigenvalue weighted by atomic mass is 10.0. The number of benzene rings is 1. The Labute approximate surface area is 208 Å². The maximum absolute atomic E-state index is 11.8. The molecule has 1 aromatic heterocycles. The Kier molecular flexibility index (Phi) is 9.56. The van der Waals surface area contributed by atoms with Gasteiger partial charge >= 0.3 is 6.09 Å². The van der Waals surface area contributed by atoms with Crippen molar-refractivity contribution in [2.45, 2.75) is 51.2 Å². The second-order valence-electron chi connectivity index (χ2n) is 8.51. The third-order valence-corrected chi connectivity index (χ3v) is 6.30. The fraction of sp³-hybridized carbons (Fsp3) is 0.478. The third kappa shape index (κ3) is 8.73. The third-order valence-electron chi connectivity index (χ3n) is 5.58. The van der Waals surface area contributed by atoms with Crippen LogP contribution < -0.4 is 10.6 Å². The molecule has 1 aromatic carbocycles. The number of pyridine rings is 1. The van der Waals surface area contributed by atoms with E-state index in [2.05, 4.69) is 15.6 Å². The largest absolute Gasteiger partial charge is 0.431 e. The minimum absolute atomic E-state index is 0.129. The van der Waals surface area contributed by atoms with Crippen LogP contribution >= 0.6 is 0 Å². The molecular weight excluding hydrogens is 492 g/mol. The summed E-state index contributed by atoms with van der Waals surface area (Å²) in [6, 6.07) is 7.91. The molecule has 0 radical (unpaired) electrons. The van der Waals surface area contributed by atoms with Crippen molar-refractivity contribution < 1.29 is 37.3 Å². The van der Waals surface area contributed by atoms with E-state index in [9.17, 15) is 27.9 Å². The molecule has 2 aromatic rings. The number of aliphatic hydroxyl groups excluding tert-OH is 1. The van der Waals surface area contributed by atoms with E-state index in [1.54, 1.807) is 6.20 Å². The molecular formula is C23H30N4O8S. The highest BCUT2D eigenvalue weighted by molar-refractivity contribution is 7.85. The summed E-state index contributed by atoms with van der Waals surface area (Å²) in [7, 11) is -4.10. The number of rotatable bonds is 12. The zero-order valence-corrected chi connectivity index (χ0v) is 20.5. The van der Waals surface area contributed by atoms with Crippen LogP contribution in [0.1, 0.15) is 43.2 Å². The molecule has 3 rings (SSSR count). The predicted octanol–water partition coefficient (Wildman–Crippen LogP) is 1.08. The quantitative estimate of drug-likeness (QED) is 0.235. The average Bonchev–Trinajstić information content (AvgIpc) is 3.13. The number of carbonyl (C=O) groups excluding carboxylic acids is 3. The van der Waals surface area contributed by atoms with Gasteiger partial charge in [0.2, 0.25) is 5.91 Å². The number of carbonyl (C=O) groups is 3. The number of hydroxylamine groups is 2. The molecule has 36 heavy (non-hydrogen) atoms. The minimum Gasteiger partial charge on any atom is -0.370 e. The van der Waals surface area contributed by atoms with Gasteiger partial charge in [-0.05, 0) is 55.0 Å². The van der Waals surface area contributed by atoms with Crippen LogP contribution in [0.3, 0.4) is 0 Å². The van der Waals surface area contributed by atoms with Crippen molar-refractivity contribution in [3.05, 3.63) is 41.6 Å². The molecule has 2 heterocycles. The van der Waals surface area contributed by atoms with Gasteiger partial charge in [-0.3, -0.25) is 19.1 Å². The highest BCUT2D eigenvalue weighted by Gasteiger charge is 2.32. The van der Waals surface area contributed by atoms with Crippen LogP contribution in [0.15, 0.2) is 30.5 Å². The highest BCUT2D eigenvalue weighted by atomic mass is 32.2. The van der Waals surface area contributed by atoms with Crippen LogP contribution in [0, 0.1) is 0 Å². The molecule has 1 aliphatic rings. The number of hydrogen-bond acceptors (Lipinski definition) is 8. The number of nitrogens with zero attached hydrogens (tertiary/aromatic N) is 2. The van der Waals surface area contributed by atoms with E-state index in [0.717, 1.165) is 22.0 Å². The second-order valence-corrected chi connectivity index (χ2v) is 10.1. The van der Waals surface area contributed by atoms with Crippen molar-refractivity contribution in [2.75, 3.05) is 18.8 Å². The SMILES string of the molecule is O=C(CCCc1cnc2ccc(CCCNC(=O)ON3C(=O)CCC3O)cc2c1)NCCS(=O)(=O)O. The molecule has 13 heteroatoms. The first-order valence-electron chi connectivity index (χ1n) is 11.7. The lowest BCUT2D eigenvalue weighted by molar-refractivity contribution is -0.189. The first-order chi connectivity index (χ1) is 17.1. The number of nitrogens with one attached hydrogen (secondary N) is 2. The number of hydrogen-bond donors (Lipinski definition) is 4. The molecule has 1 atom stereocenters. The molecule has 12 nitrogen and oxygen atoms in total. The zero-order chi connectivity index (χ0) is 26.1. The van der Waals surface area contributed by atoms with Gasteiger partial charge in [0.05, 0.1) is 11.3 Å². The fourth-order valence-electron chi connectivity index (χ4n) is 3.74. The molecule has 1 saturated heterocycles. The van der Waals surface area contributed by atoms with Crippen LogP contribution in [0.5, 0.6) is 0 Å². The van der Waals surface area contributed by atoms with Gasteiger partial charge in [-0.1, -0.05) is 6.07 Å². The maximum Gasteiger partial charge on any atom is 0.431 e. The summed E-state index contributed by atoms with van der Waals surface area (Å²) < 4.78 is 30.0.